The number of halogens is 1. The van der Waals surface area contributed by atoms with Gasteiger partial charge in [-0.2, -0.15) is 0 Å². The second kappa shape index (κ2) is 12.8. The van der Waals surface area contributed by atoms with Gasteiger partial charge in [0, 0.05) is 5.02 Å². The van der Waals surface area contributed by atoms with E-state index in [2.05, 4.69) is 6.92 Å². The molecule has 1 N–H and O–H groups in total. The number of hydrogen-bond acceptors (Lipinski definition) is 2. The lowest BCUT2D eigenvalue weighted by Gasteiger charge is -2.08. The van der Waals surface area contributed by atoms with Crippen LogP contribution in [0.5, 0.6) is 5.75 Å². The molecule has 1 rings (SSSR count). The highest BCUT2D eigenvalue weighted by Crippen LogP contribution is 2.22. The van der Waals surface area contributed by atoms with Gasteiger partial charge in [-0.3, -0.25) is 0 Å². The predicted molar refractivity (Wildman–Crippen MR) is 94.7 cm³/mol. The minimum atomic E-state index is -0.0302. The maximum atomic E-state index is 9.06. The molecule has 0 unspecified atom stereocenters. The average molecular weight is 327 g/mol. The number of rotatable bonds is 13. The molecule has 2 nitrogen and oxygen atoms in total. The topological polar surface area (TPSA) is 29.5 Å². The van der Waals surface area contributed by atoms with Gasteiger partial charge in [0.2, 0.25) is 0 Å². The lowest BCUT2D eigenvalue weighted by Crippen LogP contribution is -1.98. The minimum absolute atomic E-state index is 0.0302. The van der Waals surface area contributed by atoms with E-state index in [0.717, 1.165) is 24.3 Å². The van der Waals surface area contributed by atoms with Crippen molar-refractivity contribution in [1.82, 2.24) is 0 Å². The Labute approximate surface area is 140 Å². The van der Waals surface area contributed by atoms with E-state index in [9.17, 15) is 0 Å². The van der Waals surface area contributed by atoms with Gasteiger partial charge in [-0.05, 0) is 24.1 Å². The maximum Gasteiger partial charge on any atom is 0.120 e. The van der Waals surface area contributed by atoms with Crippen molar-refractivity contribution in [2.45, 2.75) is 77.7 Å². The van der Waals surface area contributed by atoms with Gasteiger partial charge in [0.1, 0.15) is 5.75 Å². The second-order valence-corrected chi connectivity index (χ2v) is 6.35. The molecule has 0 saturated carbocycles. The molecule has 3 heteroatoms. The monoisotopic (exact) mass is 326 g/mol. The van der Waals surface area contributed by atoms with E-state index >= 15 is 0 Å². The normalized spacial score (nSPS) is 10.9. The molecule has 0 spiro atoms. The summed E-state index contributed by atoms with van der Waals surface area (Å²) in [5.41, 5.74) is 0.743. The van der Waals surface area contributed by atoms with Gasteiger partial charge in [-0.25, -0.2) is 0 Å². The predicted octanol–water partition coefficient (Wildman–Crippen LogP) is 6.13. The summed E-state index contributed by atoms with van der Waals surface area (Å²) in [5, 5.41) is 9.63. The number of ether oxygens (including phenoxy) is 1. The standard InChI is InChI=1S/C19H31ClO2/c1-2-3-4-5-6-7-8-9-10-11-14-22-18-13-12-17(16-21)19(20)15-18/h12-13,15,21H,2-11,14,16H2,1H3. The van der Waals surface area contributed by atoms with E-state index < -0.39 is 0 Å². The van der Waals surface area contributed by atoms with Gasteiger partial charge in [0.25, 0.3) is 0 Å². The van der Waals surface area contributed by atoms with Crippen LogP contribution in [0.3, 0.4) is 0 Å². The molecule has 0 aromatic heterocycles. The van der Waals surface area contributed by atoms with Crippen LogP contribution in [-0.4, -0.2) is 11.7 Å². The smallest absolute Gasteiger partial charge is 0.120 e. The number of benzene rings is 1. The number of aliphatic hydroxyl groups excluding tert-OH is 1. The fourth-order valence-electron chi connectivity index (χ4n) is 2.53. The third kappa shape index (κ3) is 8.65. The van der Waals surface area contributed by atoms with Crippen molar-refractivity contribution in [3.8, 4) is 5.75 Å². The van der Waals surface area contributed by atoms with E-state index in [-0.39, 0.29) is 6.61 Å². The van der Waals surface area contributed by atoms with Gasteiger partial charge in [0.05, 0.1) is 13.2 Å². The third-order valence-corrected chi connectivity index (χ3v) is 4.31. The zero-order valence-corrected chi connectivity index (χ0v) is 14.7. The van der Waals surface area contributed by atoms with Gasteiger partial charge >= 0.3 is 0 Å². The number of aliphatic hydroxyl groups is 1. The average Bonchev–Trinajstić information content (AvgIpc) is 2.53. The molecule has 1 aromatic carbocycles. The summed E-state index contributed by atoms with van der Waals surface area (Å²) in [5.74, 6) is 0.790. The quantitative estimate of drug-likeness (QED) is 0.442. The Kier molecular flexibility index (Phi) is 11.2. The Morgan fingerprint density at radius 3 is 2.05 bits per heavy atom. The Bertz CT molecular complexity index is 393. The fourth-order valence-corrected chi connectivity index (χ4v) is 2.76. The van der Waals surface area contributed by atoms with Crippen LogP contribution in [0.15, 0.2) is 18.2 Å². The van der Waals surface area contributed by atoms with Crippen LogP contribution in [0.25, 0.3) is 0 Å². The molecular weight excluding hydrogens is 296 g/mol. The number of hydrogen-bond donors (Lipinski definition) is 1. The first-order valence-corrected chi connectivity index (χ1v) is 9.17. The molecule has 0 atom stereocenters. The first-order chi connectivity index (χ1) is 10.8. The van der Waals surface area contributed by atoms with Crippen molar-refractivity contribution in [3.05, 3.63) is 28.8 Å². The minimum Gasteiger partial charge on any atom is -0.494 e. The van der Waals surface area contributed by atoms with E-state index in [4.69, 9.17) is 21.4 Å². The van der Waals surface area contributed by atoms with Crippen molar-refractivity contribution in [1.29, 1.82) is 0 Å². The first kappa shape index (κ1) is 19.3. The summed E-state index contributed by atoms with van der Waals surface area (Å²) in [7, 11) is 0. The third-order valence-electron chi connectivity index (χ3n) is 3.96. The summed E-state index contributed by atoms with van der Waals surface area (Å²) < 4.78 is 5.69. The zero-order chi connectivity index (χ0) is 16.0. The van der Waals surface area contributed by atoms with Gasteiger partial charge in [-0.1, -0.05) is 82.4 Å². The lowest BCUT2D eigenvalue weighted by atomic mass is 10.1. The lowest BCUT2D eigenvalue weighted by molar-refractivity contribution is 0.281. The van der Waals surface area contributed by atoms with Crippen LogP contribution in [0.4, 0.5) is 0 Å². The molecule has 0 aliphatic carbocycles. The molecule has 0 bridgehead atoms. The van der Waals surface area contributed by atoms with Gasteiger partial charge < -0.3 is 9.84 Å². The fraction of sp³-hybridized carbons (Fsp3) is 0.684. The zero-order valence-electron chi connectivity index (χ0n) is 14.0. The van der Waals surface area contributed by atoms with Crippen LogP contribution in [0, 0.1) is 0 Å². The molecular formula is C19H31ClO2. The summed E-state index contributed by atoms with van der Waals surface area (Å²) >= 11 is 6.03. The summed E-state index contributed by atoms with van der Waals surface area (Å²) in [6.07, 6.45) is 13.3. The van der Waals surface area contributed by atoms with E-state index in [1.807, 2.05) is 12.1 Å². The first-order valence-electron chi connectivity index (χ1n) is 8.80. The summed E-state index contributed by atoms with van der Waals surface area (Å²) in [6.45, 7) is 2.97. The van der Waals surface area contributed by atoms with Crippen LogP contribution >= 0.6 is 11.6 Å². The van der Waals surface area contributed by atoms with Gasteiger partial charge in [-0.15, -0.1) is 0 Å². The van der Waals surface area contributed by atoms with Crippen LogP contribution in [-0.2, 0) is 6.61 Å². The Morgan fingerprint density at radius 2 is 1.50 bits per heavy atom. The molecule has 126 valence electrons. The SMILES string of the molecule is CCCCCCCCCCCCOc1ccc(CO)c(Cl)c1. The molecule has 22 heavy (non-hydrogen) atoms. The van der Waals surface area contributed by atoms with Crippen LogP contribution in [0.2, 0.25) is 5.02 Å². The van der Waals surface area contributed by atoms with E-state index in [1.54, 1.807) is 6.07 Å². The maximum absolute atomic E-state index is 9.06. The Balaban J connectivity index is 1.96. The van der Waals surface area contributed by atoms with Crippen molar-refractivity contribution in [2.24, 2.45) is 0 Å². The Morgan fingerprint density at radius 1 is 0.909 bits per heavy atom. The molecule has 0 saturated heterocycles. The Hall–Kier alpha value is -0.730. The number of unbranched alkanes of at least 4 members (excludes halogenated alkanes) is 9. The molecule has 0 aliphatic heterocycles. The molecule has 0 amide bonds. The molecule has 0 heterocycles. The molecule has 0 radical (unpaired) electrons. The summed E-state index contributed by atoms with van der Waals surface area (Å²) in [4.78, 5) is 0. The molecule has 0 aliphatic rings. The highest BCUT2D eigenvalue weighted by Gasteiger charge is 2.01. The van der Waals surface area contributed by atoms with E-state index in [0.29, 0.717) is 5.02 Å². The molecule has 1 aromatic rings. The van der Waals surface area contributed by atoms with E-state index in [1.165, 1.54) is 57.8 Å². The molecule has 0 fully saturated rings. The van der Waals surface area contributed by atoms with Crippen LogP contribution < -0.4 is 4.74 Å². The van der Waals surface area contributed by atoms with Crippen molar-refractivity contribution < 1.29 is 9.84 Å². The highest BCUT2D eigenvalue weighted by atomic mass is 35.5. The van der Waals surface area contributed by atoms with Crippen molar-refractivity contribution in [3.63, 3.8) is 0 Å². The highest BCUT2D eigenvalue weighted by molar-refractivity contribution is 6.31. The van der Waals surface area contributed by atoms with Crippen molar-refractivity contribution in [2.75, 3.05) is 6.61 Å². The largest absolute Gasteiger partial charge is 0.494 e. The summed E-state index contributed by atoms with van der Waals surface area (Å²) in [6, 6.07) is 5.47. The van der Waals surface area contributed by atoms with Crippen molar-refractivity contribution >= 4 is 11.6 Å². The van der Waals surface area contributed by atoms with Gasteiger partial charge in [0.15, 0.2) is 0 Å². The second-order valence-electron chi connectivity index (χ2n) is 5.94. The van der Waals surface area contributed by atoms with Crippen LogP contribution in [0.1, 0.15) is 76.7 Å².